The Labute approximate surface area is 189 Å². The number of benzene rings is 2. The lowest BCUT2D eigenvalue weighted by atomic mass is 9.87. The van der Waals surface area contributed by atoms with E-state index in [0.717, 1.165) is 43.9 Å². The van der Waals surface area contributed by atoms with Crippen LogP contribution in [0.5, 0.6) is 5.75 Å². The molecule has 5 rings (SSSR count). The summed E-state index contributed by atoms with van der Waals surface area (Å²) < 4.78 is 47.8. The van der Waals surface area contributed by atoms with Crippen molar-refractivity contribution in [2.24, 2.45) is 5.73 Å². The molecule has 0 spiro atoms. The number of aromatic nitrogens is 1. The van der Waals surface area contributed by atoms with Gasteiger partial charge in [0.25, 0.3) is 0 Å². The molecule has 1 fully saturated rings. The van der Waals surface area contributed by atoms with Crippen molar-refractivity contribution in [2.75, 3.05) is 13.2 Å². The second kappa shape index (κ2) is 8.74. The fourth-order valence-corrected chi connectivity index (χ4v) is 5.13. The summed E-state index contributed by atoms with van der Waals surface area (Å²) in [7, 11) is 0. The Morgan fingerprint density at radius 1 is 1.15 bits per heavy atom. The average Bonchev–Trinajstić information content (AvgIpc) is 3.14. The smallest absolute Gasteiger partial charge is 0.249 e. The van der Waals surface area contributed by atoms with Crippen LogP contribution in [-0.2, 0) is 12.8 Å². The van der Waals surface area contributed by atoms with Crippen molar-refractivity contribution in [1.29, 1.82) is 0 Å². The molecule has 1 saturated carbocycles. The molecule has 8 heteroatoms. The summed E-state index contributed by atoms with van der Waals surface area (Å²) in [5, 5.41) is 0.569. The lowest BCUT2D eigenvalue weighted by Gasteiger charge is -2.44. The zero-order chi connectivity index (χ0) is 23.1. The maximum Gasteiger partial charge on any atom is 0.249 e. The molecule has 174 valence electrons. The summed E-state index contributed by atoms with van der Waals surface area (Å²) in [5.74, 6) is -2.14. The minimum absolute atomic E-state index is 0.000516. The quantitative estimate of drug-likeness (QED) is 0.550. The van der Waals surface area contributed by atoms with Crippen LogP contribution in [0.15, 0.2) is 30.5 Å². The number of hydrogen-bond acceptors (Lipinski definition) is 3. The van der Waals surface area contributed by atoms with Gasteiger partial charge in [-0.15, -0.1) is 0 Å². The molecule has 33 heavy (non-hydrogen) atoms. The first-order valence-corrected chi connectivity index (χ1v) is 11.4. The van der Waals surface area contributed by atoms with Gasteiger partial charge in [0.2, 0.25) is 5.91 Å². The maximum absolute atomic E-state index is 14.3. The van der Waals surface area contributed by atoms with E-state index in [1.54, 1.807) is 6.20 Å². The van der Waals surface area contributed by atoms with Gasteiger partial charge in [0.15, 0.2) is 11.6 Å². The Morgan fingerprint density at radius 3 is 2.70 bits per heavy atom. The Balaban J connectivity index is 1.33. The predicted molar refractivity (Wildman–Crippen MR) is 119 cm³/mol. The number of aryl methyl sites for hydroxylation is 1. The molecule has 2 heterocycles. The monoisotopic (exact) mass is 457 g/mol. The van der Waals surface area contributed by atoms with Crippen LogP contribution in [0.1, 0.15) is 47.2 Å². The Morgan fingerprint density at radius 2 is 1.97 bits per heavy atom. The maximum atomic E-state index is 14.3. The normalized spacial score (nSPS) is 18.2. The fraction of sp³-hybridized carbons (Fsp3) is 0.400. The molecule has 2 aromatic carbocycles. The molecule has 1 aliphatic carbocycles. The van der Waals surface area contributed by atoms with Crippen LogP contribution in [0.4, 0.5) is 13.2 Å². The van der Waals surface area contributed by atoms with Gasteiger partial charge in [0.1, 0.15) is 18.2 Å². The van der Waals surface area contributed by atoms with Crippen LogP contribution in [0.3, 0.4) is 0 Å². The number of hydrogen-bond donors (Lipinski definition) is 2. The summed E-state index contributed by atoms with van der Waals surface area (Å²) in [6, 6.07) is 5.29. The second-order valence-electron chi connectivity index (χ2n) is 8.99. The van der Waals surface area contributed by atoms with Gasteiger partial charge >= 0.3 is 0 Å². The number of nitrogens with one attached hydrogen (secondary N) is 1. The van der Waals surface area contributed by atoms with E-state index in [-0.39, 0.29) is 11.8 Å². The number of fused-ring (bicyclic) bond motifs is 2. The van der Waals surface area contributed by atoms with Gasteiger partial charge in [-0.2, -0.15) is 0 Å². The first-order valence-electron chi connectivity index (χ1n) is 11.4. The van der Waals surface area contributed by atoms with Gasteiger partial charge in [0.05, 0.1) is 5.52 Å². The molecule has 1 atom stereocenters. The highest BCUT2D eigenvalue weighted by Gasteiger charge is 2.35. The van der Waals surface area contributed by atoms with Crippen molar-refractivity contribution >= 4 is 16.8 Å². The number of halogens is 3. The highest BCUT2D eigenvalue weighted by molar-refractivity contribution is 5.95. The third-order valence-corrected chi connectivity index (χ3v) is 7.00. The van der Waals surface area contributed by atoms with Crippen LogP contribution < -0.4 is 10.5 Å². The topological polar surface area (TPSA) is 71.4 Å². The third-order valence-electron chi connectivity index (χ3n) is 7.00. The van der Waals surface area contributed by atoms with E-state index in [1.807, 2.05) is 0 Å². The summed E-state index contributed by atoms with van der Waals surface area (Å²) >= 11 is 0. The van der Waals surface area contributed by atoms with Crippen molar-refractivity contribution in [3.63, 3.8) is 0 Å². The number of H-pyrrole nitrogens is 1. The van der Waals surface area contributed by atoms with E-state index >= 15 is 0 Å². The van der Waals surface area contributed by atoms with E-state index < -0.39 is 23.4 Å². The van der Waals surface area contributed by atoms with Gasteiger partial charge in [-0.25, -0.2) is 13.2 Å². The zero-order valence-electron chi connectivity index (χ0n) is 18.2. The van der Waals surface area contributed by atoms with E-state index in [2.05, 4.69) is 9.88 Å². The molecule has 3 N–H and O–H groups in total. The molecule has 1 amide bonds. The first kappa shape index (κ1) is 21.8. The van der Waals surface area contributed by atoms with Gasteiger partial charge in [-0.3, -0.25) is 9.69 Å². The standard InChI is InChI=1S/C25H26F3N3O2/c26-15-9-19-14(12-30-23(19)22(28)10-15)3-2-8-31(16-4-1-5-16)17-11-20-18(25(29)32)6-7-21(27)24(20)33-13-17/h6-7,9-10,12,16-17,30H,1-5,8,11,13H2,(H2,29,32)/t17-/m0/s1. The predicted octanol–water partition coefficient (Wildman–Crippen LogP) is 4.47. The van der Waals surface area contributed by atoms with E-state index in [0.29, 0.717) is 47.5 Å². The number of primary amides is 1. The lowest BCUT2D eigenvalue weighted by molar-refractivity contribution is 0.0421. The zero-order valence-corrected chi connectivity index (χ0v) is 18.2. The molecule has 0 unspecified atom stereocenters. The SMILES string of the molecule is NC(=O)c1ccc(F)c2c1C[C@H](N(CCCc1c[nH]c3c(F)cc(F)cc13)C1CCC1)CO2. The van der Waals surface area contributed by atoms with Crippen LogP contribution in [0.25, 0.3) is 10.9 Å². The molecule has 3 aromatic rings. The minimum Gasteiger partial charge on any atom is -0.489 e. The van der Waals surface area contributed by atoms with Crippen LogP contribution in [0, 0.1) is 17.5 Å². The Kier molecular flexibility index (Phi) is 5.78. The van der Waals surface area contributed by atoms with Crippen LogP contribution in [-0.4, -0.2) is 41.0 Å². The third kappa shape index (κ3) is 4.08. The number of aromatic amines is 1. The van der Waals surface area contributed by atoms with Gasteiger partial charge < -0.3 is 15.5 Å². The second-order valence-corrected chi connectivity index (χ2v) is 8.99. The molecular weight excluding hydrogens is 431 g/mol. The van der Waals surface area contributed by atoms with E-state index in [1.165, 1.54) is 18.2 Å². The molecular formula is C25H26F3N3O2. The van der Waals surface area contributed by atoms with Crippen molar-refractivity contribution in [3.8, 4) is 5.75 Å². The molecule has 0 radical (unpaired) electrons. The van der Waals surface area contributed by atoms with Crippen LogP contribution >= 0.6 is 0 Å². The molecule has 5 nitrogen and oxygen atoms in total. The Bertz CT molecular complexity index is 1210. The number of carbonyl (C=O) groups excluding carboxylic acids is 1. The largest absolute Gasteiger partial charge is 0.489 e. The number of nitrogens with zero attached hydrogens (tertiary/aromatic N) is 1. The molecule has 2 aliphatic rings. The number of rotatable bonds is 7. The summed E-state index contributed by atoms with van der Waals surface area (Å²) in [4.78, 5) is 17.2. The van der Waals surface area contributed by atoms with Gasteiger partial charge in [-0.1, -0.05) is 6.42 Å². The van der Waals surface area contributed by atoms with E-state index in [9.17, 15) is 18.0 Å². The van der Waals surface area contributed by atoms with Crippen LogP contribution in [0.2, 0.25) is 0 Å². The summed E-state index contributed by atoms with van der Waals surface area (Å²) in [5.41, 5.74) is 7.55. The number of amides is 1. The van der Waals surface area contributed by atoms with Crippen molar-refractivity contribution in [1.82, 2.24) is 9.88 Å². The number of nitrogens with two attached hydrogens (primary N) is 1. The molecule has 0 saturated heterocycles. The van der Waals surface area contributed by atoms with Gasteiger partial charge in [-0.05, 0) is 62.4 Å². The first-order chi connectivity index (χ1) is 15.9. The average molecular weight is 457 g/mol. The Hall–Kier alpha value is -3.00. The molecule has 0 bridgehead atoms. The highest BCUT2D eigenvalue weighted by Crippen LogP contribution is 2.35. The van der Waals surface area contributed by atoms with Crippen molar-refractivity contribution in [2.45, 2.75) is 50.6 Å². The lowest BCUT2D eigenvalue weighted by Crippen LogP contribution is -2.51. The highest BCUT2D eigenvalue weighted by atomic mass is 19.1. The molecule has 1 aromatic heterocycles. The van der Waals surface area contributed by atoms with Gasteiger partial charge in [0, 0.05) is 40.9 Å². The fourth-order valence-electron chi connectivity index (χ4n) is 5.13. The number of ether oxygens (including phenoxy) is 1. The minimum atomic E-state index is -0.595. The number of carbonyl (C=O) groups is 1. The molecule has 1 aliphatic heterocycles. The van der Waals surface area contributed by atoms with E-state index in [4.69, 9.17) is 10.5 Å². The van der Waals surface area contributed by atoms with Crippen molar-refractivity contribution < 1.29 is 22.7 Å². The van der Waals surface area contributed by atoms with Crippen molar-refractivity contribution in [3.05, 3.63) is 64.6 Å². The summed E-state index contributed by atoms with van der Waals surface area (Å²) in [6.45, 7) is 1.10. The summed E-state index contributed by atoms with van der Waals surface area (Å²) in [6.07, 6.45) is 7.01.